The van der Waals surface area contributed by atoms with Gasteiger partial charge in [-0.3, -0.25) is 4.79 Å². The molecule has 2 unspecified atom stereocenters. The molecule has 7 heteroatoms. The van der Waals surface area contributed by atoms with E-state index in [0.29, 0.717) is 19.5 Å². The fourth-order valence-electron chi connectivity index (χ4n) is 3.36. The van der Waals surface area contributed by atoms with Crippen molar-refractivity contribution >= 4 is 11.9 Å². The third-order valence-corrected chi connectivity index (χ3v) is 4.77. The van der Waals surface area contributed by atoms with Gasteiger partial charge in [-0.2, -0.15) is 0 Å². The fourth-order valence-corrected chi connectivity index (χ4v) is 3.36. The van der Waals surface area contributed by atoms with Crippen LogP contribution in [0.2, 0.25) is 0 Å². The van der Waals surface area contributed by atoms with E-state index in [1.165, 1.54) is 0 Å². The second kappa shape index (κ2) is 10.8. The van der Waals surface area contributed by atoms with Crippen molar-refractivity contribution in [2.24, 2.45) is 5.73 Å². The number of nitrogens with zero attached hydrogens (tertiary/aromatic N) is 1. The minimum absolute atomic E-state index is 0.0176. The van der Waals surface area contributed by atoms with Crippen LogP contribution in [0.3, 0.4) is 0 Å². The van der Waals surface area contributed by atoms with Crippen molar-refractivity contribution in [2.45, 2.75) is 57.7 Å². The molecule has 0 radical (unpaired) electrons. The largest absolute Gasteiger partial charge is 0.496 e. The highest BCUT2D eigenvalue weighted by Crippen LogP contribution is 2.22. The van der Waals surface area contributed by atoms with E-state index >= 15 is 0 Å². The Kier molecular flexibility index (Phi) is 8.39. The van der Waals surface area contributed by atoms with Crippen molar-refractivity contribution in [3.63, 3.8) is 0 Å². The zero-order valence-corrected chi connectivity index (χ0v) is 16.3. The summed E-state index contributed by atoms with van der Waals surface area (Å²) in [5.41, 5.74) is 6.22. The molecule has 3 N–H and O–H groups in total. The molecule has 7 nitrogen and oxygen atoms in total. The number of para-hydroxylation sites is 1. The first-order valence-corrected chi connectivity index (χ1v) is 9.63. The van der Waals surface area contributed by atoms with Crippen molar-refractivity contribution in [1.82, 2.24) is 10.2 Å². The molecule has 27 heavy (non-hydrogen) atoms. The van der Waals surface area contributed by atoms with E-state index in [1.807, 2.05) is 31.2 Å². The highest BCUT2D eigenvalue weighted by atomic mass is 16.5. The Balaban J connectivity index is 2.20. The normalized spacial score (nSPS) is 17.3. The van der Waals surface area contributed by atoms with Gasteiger partial charge >= 0.3 is 6.03 Å². The highest BCUT2D eigenvalue weighted by Gasteiger charge is 2.29. The topological polar surface area (TPSA) is 93.9 Å². The number of ether oxygens (including phenoxy) is 2. The van der Waals surface area contributed by atoms with E-state index in [9.17, 15) is 9.59 Å². The summed E-state index contributed by atoms with van der Waals surface area (Å²) < 4.78 is 11.2. The molecule has 1 aromatic carbocycles. The third kappa shape index (κ3) is 6.43. The molecule has 0 aliphatic carbocycles. The van der Waals surface area contributed by atoms with E-state index in [-0.39, 0.29) is 12.0 Å². The Morgan fingerprint density at radius 3 is 2.81 bits per heavy atom. The number of methoxy groups -OCH3 is 1. The summed E-state index contributed by atoms with van der Waals surface area (Å²) in [7, 11) is 1.61. The Bertz CT molecular complexity index is 617. The number of rotatable bonds is 10. The van der Waals surface area contributed by atoms with Gasteiger partial charge in [0.05, 0.1) is 13.2 Å². The van der Waals surface area contributed by atoms with Crippen LogP contribution in [0.15, 0.2) is 24.3 Å². The van der Waals surface area contributed by atoms with E-state index in [2.05, 4.69) is 5.32 Å². The molecule has 0 bridgehead atoms. The van der Waals surface area contributed by atoms with Crippen LogP contribution >= 0.6 is 0 Å². The fraction of sp³-hybridized carbons (Fsp3) is 0.600. The van der Waals surface area contributed by atoms with Crippen LogP contribution in [-0.4, -0.2) is 49.2 Å². The highest BCUT2D eigenvalue weighted by molar-refractivity contribution is 5.86. The van der Waals surface area contributed by atoms with Crippen LogP contribution in [-0.2, 0) is 16.1 Å². The number of nitrogens with two attached hydrogens (primary N) is 1. The van der Waals surface area contributed by atoms with Crippen molar-refractivity contribution in [3.8, 4) is 5.75 Å². The van der Waals surface area contributed by atoms with E-state index in [4.69, 9.17) is 15.2 Å². The number of amides is 3. The number of nitrogens with one attached hydrogen (secondary N) is 1. The standard InChI is InChI=1S/C20H31N3O4/c1-3-4-10-17(22-20(21)25)19(24)23(14-16-9-7-12-27-16)13-15-8-5-6-11-18(15)26-2/h5-6,8,11,16-17H,3-4,7,9-10,12-14H2,1-2H3,(H3,21,22,25). The van der Waals surface area contributed by atoms with Gasteiger partial charge in [0.2, 0.25) is 5.91 Å². The van der Waals surface area contributed by atoms with Crippen LogP contribution in [0.4, 0.5) is 4.79 Å². The average Bonchev–Trinajstić information content (AvgIpc) is 3.17. The van der Waals surface area contributed by atoms with Crippen molar-refractivity contribution < 1.29 is 19.1 Å². The lowest BCUT2D eigenvalue weighted by molar-refractivity contribution is -0.135. The quantitative estimate of drug-likeness (QED) is 0.655. The van der Waals surface area contributed by atoms with E-state index in [1.54, 1.807) is 12.0 Å². The minimum atomic E-state index is -0.682. The number of urea groups is 1. The minimum Gasteiger partial charge on any atom is -0.496 e. The Morgan fingerprint density at radius 2 is 2.19 bits per heavy atom. The zero-order valence-electron chi connectivity index (χ0n) is 16.3. The molecular formula is C20H31N3O4. The molecule has 0 aromatic heterocycles. The lowest BCUT2D eigenvalue weighted by atomic mass is 10.1. The number of primary amides is 1. The summed E-state index contributed by atoms with van der Waals surface area (Å²) in [6.45, 7) is 3.65. The Morgan fingerprint density at radius 1 is 1.41 bits per heavy atom. The summed E-state index contributed by atoms with van der Waals surface area (Å²) in [5.74, 6) is 0.597. The zero-order chi connectivity index (χ0) is 19.6. The molecule has 0 spiro atoms. The van der Waals surface area contributed by atoms with Gasteiger partial charge in [0.25, 0.3) is 0 Å². The van der Waals surface area contributed by atoms with Gasteiger partial charge < -0.3 is 25.4 Å². The van der Waals surface area contributed by atoms with Crippen molar-refractivity contribution in [2.75, 3.05) is 20.3 Å². The number of hydrogen-bond donors (Lipinski definition) is 2. The summed E-state index contributed by atoms with van der Waals surface area (Å²) in [6.07, 6.45) is 4.27. The maximum atomic E-state index is 13.2. The molecule has 1 aliphatic heterocycles. The monoisotopic (exact) mass is 377 g/mol. The van der Waals surface area contributed by atoms with Crippen LogP contribution < -0.4 is 15.8 Å². The summed E-state index contributed by atoms with van der Waals surface area (Å²) in [5, 5.41) is 2.61. The first-order valence-electron chi connectivity index (χ1n) is 9.63. The summed E-state index contributed by atoms with van der Waals surface area (Å²) in [6, 6.07) is 6.32. The lowest BCUT2D eigenvalue weighted by Crippen LogP contribution is -2.51. The van der Waals surface area contributed by atoms with Gasteiger partial charge in [0, 0.05) is 25.3 Å². The molecule has 3 amide bonds. The van der Waals surface area contributed by atoms with Crippen LogP contribution in [0, 0.1) is 0 Å². The lowest BCUT2D eigenvalue weighted by Gasteiger charge is -2.30. The maximum absolute atomic E-state index is 13.2. The van der Waals surface area contributed by atoms with Gasteiger partial charge in [-0.1, -0.05) is 38.0 Å². The first kappa shape index (κ1) is 21.0. The number of hydrogen-bond acceptors (Lipinski definition) is 4. The molecule has 1 aliphatic rings. The van der Waals surface area contributed by atoms with Crippen molar-refractivity contribution in [1.29, 1.82) is 0 Å². The van der Waals surface area contributed by atoms with Crippen LogP contribution in [0.5, 0.6) is 5.75 Å². The molecule has 2 atom stereocenters. The van der Waals surface area contributed by atoms with Crippen LogP contribution in [0.1, 0.15) is 44.6 Å². The predicted molar refractivity (Wildman–Crippen MR) is 103 cm³/mol. The molecule has 1 fully saturated rings. The number of unbranched alkanes of at least 4 members (excludes halogenated alkanes) is 1. The summed E-state index contributed by atoms with van der Waals surface area (Å²) >= 11 is 0. The first-order chi connectivity index (χ1) is 13.0. The second-order valence-electron chi connectivity index (χ2n) is 6.87. The Labute approximate surface area is 161 Å². The molecule has 2 rings (SSSR count). The molecule has 1 heterocycles. The van der Waals surface area contributed by atoms with Gasteiger partial charge in [-0.15, -0.1) is 0 Å². The average molecular weight is 377 g/mol. The Hall–Kier alpha value is -2.28. The summed E-state index contributed by atoms with van der Waals surface area (Å²) in [4.78, 5) is 26.4. The van der Waals surface area contributed by atoms with E-state index in [0.717, 1.165) is 43.6 Å². The number of carbonyl (C=O) groups excluding carboxylic acids is 2. The number of carbonyl (C=O) groups is 2. The van der Waals surface area contributed by atoms with Gasteiger partial charge in [0.1, 0.15) is 11.8 Å². The van der Waals surface area contributed by atoms with Gasteiger partial charge in [-0.05, 0) is 25.3 Å². The molecule has 150 valence electrons. The van der Waals surface area contributed by atoms with Gasteiger partial charge in [-0.25, -0.2) is 4.79 Å². The number of benzene rings is 1. The van der Waals surface area contributed by atoms with Gasteiger partial charge in [0.15, 0.2) is 0 Å². The third-order valence-electron chi connectivity index (χ3n) is 4.77. The second-order valence-corrected chi connectivity index (χ2v) is 6.87. The molecule has 1 saturated heterocycles. The van der Waals surface area contributed by atoms with Crippen molar-refractivity contribution in [3.05, 3.63) is 29.8 Å². The maximum Gasteiger partial charge on any atom is 0.312 e. The molecular weight excluding hydrogens is 346 g/mol. The van der Waals surface area contributed by atoms with Crippen LogP contribution in [0.25, 0.3) is 0 Å². The smallest absolute Gasteiger partial charge is 0.312 e. The predicted octanol–water partition coefficient (Wildman–Crippen LogP) is 2.43. The molecule has 1 aromatic rings. The molecule has 0 saturated carbocycles. The SMILES string of the molecule is CCCCC(NC(N)=O)C(=O)N(Cc1ccccc1OC)CC1CCCO1. The van der Waals surface area contributed by atoms with E-state index < -0.39 is 12.1 Å².